The molecule has 0 aliphatic carbocycles. The summed E-state index contributed by atoms with van der Waals surface area (Å²) in [4.78, 5) is 10.7. The third kappa shape index (κ3) is 4.07. The van der Waals surface area contributed by atoms with Gasteiger partial charge in [-0.25, -0.2) is 4.98 Å². The summed E-state index contributed by atoms with van der Waals surface area (Å²) >= 11 is 1.77. The second kappa shape index (κ2) is 6.90. The van der Waals surface area contributed by atoms with Crippen molar-refractivity contribution >= 4 is 17.6 Å². The van der Waals surface area contributed by atoms with Gasteiger partial charge in [-0.2, -0.15) is 0 Å². The summed E-state index contributed by atoms with van der Waals surface area (Å²) in [6.07, 6.45) is 5.07. The highest BCUT2D eigenvalue weighted by atomic mass is 32.2. The Morgan fingerprint density at radius 3 is 2.33 bits per heavy atom. The smallest absolute Gasteiger partial charge is 0.144 e. The Morgan fingerprint density at radius 2 is 1.62 bits per heavy atom. The minimum atomic E-state index is 0.745. The average Bonchev–Trinajstić information content (AvgIpc) is 2.56. The van der Waals surface area contributed by atoms with E-state index in [2.05, 4.69) is 63.8 Å². The summed E-state index contributed by atoms with van der Waals surface area (Å²) in [6.45, 7) is 0.745. The SMILES string of the molecule is c1ccc(Sc2ccc(CNc3cnccn3)cc2)cc1. The van der Waals surface area contributed by atoms with E-state index in [1.807, 2.05) is 6.07 Å². The van der Waals surface area contributed by atoms with Gasteiger partial charge in [0.2, 0.25) is 0 Å². The van der Waals surface area contributed by atoms with Crippen LogP contribution in [0.3, 0.4) is 0 Å². The van der Waals surface area contributed by atoms with Crippen molar-refractivity contribution < 1.29 is 0 Å². The molecule has 0 unspecified atom stereocenters. The molecule has 0 fully saturated rings. The molecule has 0 saturated heterocycles. The number of benzene rings is 2. The van der Waals surface area contributed by atoms with Gasteiger partial charge in [0.15, 0.2) is 0 Å². The van der Waals surface area contributed by atoms with Gasteiger partial charge >= 0.3 is 0 Å². The zero-order valence-electron chi connectivity index (χ0n) is 11.4. The van der Waals surface area contributed by atoms with E-state index in [4.69, 9.17) is 0 Å². The Hall–Kier alpha value is -2.33. The molecular formula is C17H15N3S. The third-order valence-electron chi connectivity index (χ3n) is 2.94. The van der Waals surface area contributed by atoms with Crippen molar-refractivity contribution in [3.05, 3.63) is 78.8 Å². The molecule has 2 aromatic carbocycles. The molecule has 0 aliphatic rings. The van der Waals surface area contributed by atoms with Gasteiger partial charge < -0.3 is 5.32 Å². The maximum atomic E-state index is 4.19. The Bertz CT molecular complexity index is 669. The van der Waals surface area contributed by atoms with Gasteiger partial charge in [-0.15, -0.1) is 0 Å². The van der Waals surface area contributed by atoms with Gasteiger partial charge in [-0.3, -0.25) is 4.98 Å². The first kappa shape index (κ1) is 13.6. The molecule has 3 rings (SSSR count). The first-order valence-electron chi connectivity index (χ1n) is 6.72. The van der Waals surface area contributed by atoms with E-state index in [0.717, 1.165) is 12.4 Å². The lowest BCUT2D eigenvalue weighted by molar-refractivity contribution is 1.08. The summed E-state index contributed by atoms with van der Waals surface area (Å²) < 4.78 is 0. The molecule has 0 radical (unpaired) electrons. The van der Waals surface area contributed by atoms with Crippen LogP contribution in [0.4, 0.5) is 5.82 Å². The Balaban J connectivity index is 1.59. The van der Waals surface area contributed by atoms with Crippen LogP contribution in [0.1, 0.15) is 5.56 Å². The van der Waals surface area contributed by atoms with Gasteiger partial charge in [0.1, 0.15) is 5.82 Å². The fourth-order valence-corrected chi connectivity index (χ4v) is 2.72. The highest BCUT2D eigenvalue weighted by Gasteiger charge is 1.98. The zero-order chi connectivity index (χ0) is 14.3. The van der Waals surface area contributed by atoms with Crippen LogP contribution >= 0.6 is 11.8 Å². The van der Waals surface area contributed by atoms with Gasteiger partial charge in [0.25, 0.3) is 0 Å². The molecule has 1 aromatic heterocycles. The van der Waals surface area contributed by atoms with Crippen LogP contribution in [0.15, 0.2) is 83.0 Å². The van der Waals surface area contributed by atoms with Crippen molar-refractivity contribution in [1.82, 2.24) is 9.97 Å². The summed E-state index contributed by atoms with van der Waals surface area (Å²) in [7, 11) is 0. The van der Waals surface area contributed by atoms with E-state index in [1.165, 1.54) is 15.4 Å². The fourth-order valence-electron chi connectivity index (χ4n) is 1.88. The van der Waals surface area contributed by atoms with Crippen molar-refractivity contribution in [2.24, 2.45) is 0 Å². The van der Waals surface area contributed by atoms with E-state index in [1.54, 1.807) is 30.4 Å². The van der Waals surface area contributed by atoms with Crippen molar-refractivity contribution in [1.29, 1.82) is 0 Å². The van der Waals surface area contributed by atoms with Gasteiger partial charge in [0, 0.05) is 28.7 Å². The van der Waals surface area contributed by atoms with E-state index in [9.17, 15) is 0 Å². The Morgan fingerprint density at radius 1 is 0.857 bits per heavy atom. The summed E-state index contributed by atoms with van der Waals surface area (Å²) in [5.74, 6) is 0.792. The normalized spacial score (nSPS) is 10.3. The largest absolute Gasteiger partial charge is 0.365 e. The number of hydrogen-bond donors (Lipinski definition) is 1. The van der Waals surface area contributed by atoms with Crippen LogP contribution in [0, 0.1) is 0 Å². The zero-order valence-corrected chi connectivity index (χ0v) is 12.3. The molecule has 1 heterocycles. The molecule has 3 aromatic rings. The quantitative estimate of drug-likeness (QED) is 0.763. The lowest BCUT2D eigenvalue weighted by Crippen LogP contribution is -2.01. The number of nitrogens with zero attached hydrogens (tertiary/aromatic N) is 2. The van der Waals surface area contributed by atoms with Crippen molar-refractivity contribution in [2.45, 2.75) is 16.3 Å². The lowest BCUT2D eigenvalue weighted by atomic mass is 10.2. The lowest BCUT2D eigenvalue weighted by Gasteiger charge is -2.06. The first-order valence-corrected chi connectivity index (χ1v) is 7.53. The predicted molar refractivity (Wildman–Crippen MR) is 86.4 cm³/mol. The van der Waals surface area contributed by atoms with Crippen LogP contribution in [-0.2, 0) is 6.54 Å². The summed E-state index contributed by atoms with van der Waals surface area (Å²) in [5.41, 5.74) is 1.22. The molecule has 0 amide bonds. The molecular weight excluding hydrogens is 278 g/mol. The monoisotopic (exact) mass is 293 g/mol. The molecule has 1 N–H and O–H groups in total. The minimum absolute atomic E-state index is 0.745. The Labute approximate surface area is 128 Å². The van der Waals surface area contributed by atoms with Crippen LogP contribution in [0.2, 0.25) is 0 Å². The number of hydrogen-bond acceptors (Lipinski definition) is 4. The molecule has 0 spiro atoms. The van der Waals surface area contributed by atoms with Crippen molar-refractivity contribution in [3.63, 3.8) is 0 Å². The van der Waals surface area contributed by atoms with E-state index < -0.39 is 0 Å². The molecule has 0 bridgehead atoms. The summed E-state index contributed by atoms with van der Waals surface area (Å²) in [5, 5.41) is 3.25. The fraction of sp³-hybridized carbons (Fsp3) is 0.0588. The second-order valence-electron chi connectivity index (χ2n) is 4.50. The molecule has 21 heavy (non-hydrogen) atoms. The average molecular weight is 293 g/mol. The highest BCUT2D eigenvalue weighted by molar-refractivity contribution is 7.99. The van der Waals surface area contributed by atoms with Crippen LogP contribution in [0.25, 0.3) is 0 Å². The van der Waals surface area contributed by atoms with Gasteiger partial charge in [-0.1, -0.05) is 42.1 Å². The highest BCUT2D eigenvalue weighted by Crippen LogP contribution is 2.27. The van der Waals surface area contributed by atoms with Crippen LogP contribution in [0.5, 0.6) is 0 Å². The topological polar surface area (TPSA) is 37.8 Å². The minimum Gasteiger partial charge on any atom is -0.365 e. The van der Waals surface area contributed by atoms with Crippen molar-refractivity contribution in [2.75, 3.05) is 5.32 Å². The van der Waals surface area contributed by atoms with Crippen LogP contribution < -0.4 is 5.32 Å². The third-order valence-corrected chi connectivity index (χ3v) is 3.95. The van der Waals surface area contributed by atoms with E-state index in [-0.39, 0.29) is 0 Å². The first-order chi connectivity index (χ1) is 10.4. The molecule has 3 nitrogen and oxygen atoms in total. The van der Waals surface area contributed by atoms with Crippen molar-refractivity contribution in [3.8, 4) is 0 Å². The number of aromatic nitrogens is 2. The Kier molecular flexibility index (Phi) is 4.49. The van der Waals surface area contributed by atoms with E-state index >= 15 is 0 Å². The number of rotatable bonds is 5. The molecule has 104 valence electrons. The van der Waals surface area contributed by atoms with Crippen LogP contribution in [-0.4, -0.2) is 9.97 Å². The maximum absolute atomic E-state index is 4.19. The van der Waals surface area contributed by atoms with Gasteiger partial charge in [-0.05, 0) is 29.8 Å². The molecule has 4 heteroatoms. The molecule has 0 aliphatic heterocycles. The standard InChI is InChI=1S/C17H15N3S/c1-2-4-15(5-3-1)21-16-8-6-14(7-9-16)12-20-17-13-18-10-11-19-17/h1-11,13H,12H2,(H,19,20). The van der Waals surface area contributed by atoms with E-state index in [0.29, 0.717) is 0 Å². The molecule has 0 atom stereocenters. The second-order valence-corrected chi connectivity index (χ2v) is 5.65. The number of anilines is 1. The van der Waals surface area contributed by atoms with Gasteiger partial charge in [0.05, 0.1) is 6.20 Å². The number of nitrogens with one attached hydrogen (secondary N) is 1. The molecule has 0 saturated carbocycles. The maximum Gasteiger partial charge on any atom is 0.144 e. The predicted octanol–water partition coefficient (Wildman–Crippen LogP) is 4.24. The summed E-state index contributed by atoms with van der Waals surface area (Å²) in [6, 6.07) is 18.9.